The van der Waals surface area contributed by atoms with Crippen LogP contribution >= 0.6 is 0 Å². The number of piperazine rings is 1. The molecule has 2 aromatic rings. The number of rotatable bonds is 2. The first-order chi connectivity index (χ1) is 9.75. The molecule has 1 fully saturated rings. The maximum absolute atomic E-state index is 12.0. The minimum Gasteiger partial charge on any atom is -0.367 e. The number of aryl methyl sites for hydroxylation is 1. The summed E-state index contributed by atoms with van der Waals surface area (Å²) in [4.78, 5) is 20.5. The van der Waals surface area contributed by atoms with E-state index in [0.717, 1.165) is 31.9 Å². The van der Waals surface area contributed by atoms with Crippen molar-refractivity contribution < 1.29 is 0 Å². The molecular weight excluding hydrogens is 256 g/mol. The Morgan fingerprint density at radius 1 is 1.05 bits per heavy atom. The molecule has 0 saturated carbocycles. The summed E-state index contributed by atoms with van der Waals surface area (Å²) >= 11 is 0. The molecule has 0 N–H and O–H groups in total. The minimum atomic E-state index is -0.0495. The van der Waals surface area contributed by atoms with Gasteiger partial charge < -0.3 is 14.4 Å². The van der Waals surface area contributed by atoms with E-state index in [1.165, 1.54) is 0 Å². The molecular formula is C13H16N6O. The average Bonchev–Trinajstić information content (AvgIpc) is 2.51. The highest BCUT2D eigenvalue weighted by Crippen LogP contribution is 2.15. The molecule has 3 rings (SSSR count). The molecule has 0 spiro atoms. The minimum absolute atomic E-state index is 0.0495. The summed E-state index contributed by atoms with van der Waals surface area (Å²) in [6, 6.07) is 1.95. The lowest BCUT2D eigenvalue weighted by atomic mass is 10.3. The van der Waals surface area contributed by atoms with Crippen LogP contribution in [0.3, 0.4) is 0 Å². The summed E-state index contributed by atoms with van der Waals surface area (Å²) in [5.41, 5.74) is 1.01. The molecule has 1 aliphatic rings. The molecule has 3 heterocycles. The predicted octanol–water partition coefficient (Wildman–Crippen LogP) is -0.103. The maximum Gasteiger partial charge on any atom is 0.293 e. The topological polar surface area (TPSA) is 67.2 Å². The van der Waals surface area contributed by atoms with Crippen LogP contribution in [0.25, 0.3) is 0 Å². The Hall–Kier alpha value is -2.44. The molecule has 0 amide bonds. The number of nitrogens with zero attached hydrogens (tertiary/aromatic N) is 6. The van der Waals surface area contributed by atoms with Gasteiger partial charge in [0, 0.05) is 45.6 Å². The SMILES string of the molecule is Cn1ccnc(N2CCN(c3ccnnc3)CC2)c1=O. The van der Waals surface area contributed by atoms with Gasteiger partial charge in [0.25, 0.3) is 5.56 Å². The molecule has 1 aliphatic heterocycles. The average molecular weight is 272 g/mol. The van der Waals surface area contributed by atoms with Crippen molar-refractivity contribution in [2.75, 3.05) is 36.0 Å². The lowest BCUT2D eigenvalue weighted by Crippen LogP contribution is -2.48. The van der Waals surface area contributed by atoms with E-state index in [0.29, 0.717) is 5.82 Å². The molecule has 0 radical (unpaired) electrons. The fraction of sp³-hybridized carbons (Fsp3) is 0.385. The molecule has 0 aromatic carbocycles. The van der Waals surface area contributed by atoms with Crippen molar-refractivity contribution in [3.63, 3.8) is 0 Å². The van der Waals surface area contributed by atoms with Gasteiger partial charge in [-0.3, -0.25) is 4.79 Å². The third-order valence-electron chi connectivity index (χ3n) is 3.51. The van der Waals surface area contributed by atoms with Crippen molar-refractivity contribution in [2.45, 2.75) is 0 Å². The van der Waals surface area contributed by atoms with Crippen molar-refractivity contribution in [3.8, 4) is 0 Å². The van der Waals surface area contributed by atoms with Crippen LogP contribution in [-0.4, -0.2) is 45.9 Å². The predicted molar refractivity (Wildman–Crippen MR) is 75.9 cm³/mol. The second-order valence-electron chi connectivity index (χ2n) is 4.74. The van der Waals surface area contributed by atoms with E-state index < -0.39 is 0 Å². The van der Waals surface area contributed by atoms with Crippen LogP contribution < -0.4 is 15.4 Å². The Morgan fingerprint density at radius 3 is 2.50 bits per heavy atom. The van der Waals surface area contributed by atoms with Crippen molar-refractivity contribution in [1.82, 2.24) is 19.7 Å². The van der Waals surface area contributed by atoms with Crippen LogP contribution in [0, 0.1) is 0 Å². The van der Waals surface area contributed by atoms with Gasteiger partial charge in [-0.25, -0.2) is 4.98 Å². The Bertz CT molecular complexity index is 633. The van der Waals surface area contributed by atoms with Gasteiger partial charge in [0.15, 0.2) is 5.82 Å². The van der Waals surface area contributed by atoms with E-state index in [1.807, 2.05) is 11.0 Å². The molecule has 0 bridgehead atoms. The molecule has 0 aliphatic carbocycles. The largest absolute Gasteiger partial charge is 0.367 e. The second-order valence-corrected chi connectivity index (χ2v) is 4.74. The molecule has 1 saturated heterocycles. The van der Waals surface area contributed by atoms with E-state index in [9.17, 15) is 4.79 Å². The number of aromatic nitrogens is 4. The van der Waals surface area contributed by atoms with Crippen molar-refractivity contribution in [3.05, 3.63) is 41.2 Å². The first-order valence-electron chi connectivity index (χ1n) is 6.54. The second kappa shape index (κ2) is 5.28. The van der Waals surface area contributed by atoms with Gasteiger partial charge in [-0.05, 0) is 6.07 Å². The van der Waals surface area contributed by atoms with E-state index in [-0.39, 0.29) is 5.56 Å². The van der Waals surface area contributed by atoms with Gasteiger partial charge in [-0.15, -0.1) is 0 Å². The summed E-state index contributed by atoms with van der Waals surface area (Å²) in [7, 11) is 1.74. The Kier molecular flexibility index (Phi) is 3.32. The van der Waals surface area contributed by atoms with Gasteiger partial charge in [0.05, 0.1) is 18.1 Å². The summed E-state index contributed by atoms with van der Waals surface area (Å²) in [5.74, 6) is 0.530. The quantitative estimate of drug-likeness (QED) is 0.760. The molecule has 0 atom stereocenters. The lowest BCUT2D eigenvalue weighted by Gasteiger charge is -2.36. The summed E-state index contributed by atoms with van der Waals surface area (Å²) in [6.07, 6.45) is 6.78. The summed E-state index contributed by atoms with van der Waals surface area (Å²) < 4.78 is 1.56. The van der Waals surface area contributed by atoms with Gasteiger partial charge in [0.1, 0.15) is 0 Å². The van der Waals surface area contributed by atoms with Crippen LogP contribution in [0.5, 0.6) is 0 Å². The third-order valence-corrected chi connectivity index (χ3v) is 3.51. The Balaban J connectivity index is 1.73. The van der Waals surface area contributed by atoms with Crippen LogP contribution in [-0.2, 0) is 7.05 Å². The van der Waals surface area contributed by atoms with Gasteiger partial charge >= 0.3 is 0 Å². The van der Waals surface area contributed by atoms with Gasteiger partial charge in [0.2, 0.25) is 0 Å². The summed E-state index contributed by atoms with van der Waals surface area (Å²) in [5, 5.41) is 7.67. The monoisotopic (exact) mass is 272 g/mol. The molecule has 104 valence electrons. The fourth-order valence-corrected chi connectivity index (χ4v) is 2.35. The van der Waals surface area contributed by atoms with E-state index in [4.69, 9.17) is 0 Å². The van der Waals surface area contributed by atoms with Crippen molar-refractivity contribution >= 4 is 11.5 Å². The zero-order valence-electron chi connectivity index (χ0n) is 11.3. The van der Waals surface area contributed by atoms with Gasteiger partial charge in [-0.1, -0.05) is 0 Å². The highest BCUT2D eigenvalue weighted by molar-refractivity contribution is 5.46. The standard InChI is InChI=1S/C13H16N6O/c1-17-5-4-14-12(13(17)20)19-8-6-18(7-9-19)11-2-3-15-16-10-11/h2-5,10H,6-9H2,1H3. The first-order valence-corrected chi connectivity index (χ1v) is 6.54. The molecule has 0 unspecified atom stereocenters. The molecule has 2 aromatic heterocycles. The maximum atomic E-state index is 12.0. The third kappa shape index (κ3) is 2.34. The fourth-order valence-electron chi connectivity index (χ4n) is 2.35. The highest BCUT2D eigenvalue weighted by Gasteiger charge is 2.20. The van der Waals surface area contributed by atoms with Crippen molar-refractivity contribution in [1.29, 1.82) is 0 Å². The highest BCUT2D eigenvalue weighted by atomic mass is 16.1. The van der Waals surface area contributed by atoms with Crippen LogP contribution in [0.4, 0.5) is 11.5 Å². The molecule has 7 nitrogen and oxygen atoms in total. The van der Waals surface area contributed by atoms with Crippen LogP contribution in [0.15, 0.2) is 35.6 Å². The van der Waals surface area contributed by atoms with Crippen molar-refractivity contribution in [2.24, 2.45) is 7.05 Å². The zero-order valence-corrected chi connectivity index (χ0v) is 11.3. The first kappa shape index (κ1) is 12.6. The van der Waals surface area contributed by atoms with Gasteiger partial charge in [-0.2, -0.15) is 10.2 Å². The number of hydrogen-bond donors (Lipinski definition) is 0. The summed E-state index contributed by atoms with van der Waals surface area (Å²) in [6.45, 7) is 3.22. The van der Waals surface area contributed by atoms with Crippen LogP contribution in [0.1, 0.15) is 0 Å². The van der Waals surface area contributed by atoms with E-state index >= 15 is 0 Å². The lowest BCUT2D eigenvalue weighted by molar-refractivity contribution is 0.638. The van der Waals surface area contributed by atoms with Crippen LogP contribution in [0.2, 0.25) is 0 Å². The Morgan fingerprint density at radius 2 is 1.80 bits per heavy atom. The Labute approximate surface area is 116 Å². The zero-order chi connectivity index (χ0) is 13.9. The van der Waals surface area contributed by atoms with E-state index in [2.05, 4.69) is 20.1 Å². The normalized spacial score (nSPS) is 15.4. The number of anilines is 2. The molecule has 20 heavy (non-hydrogen) atoms. The van der Waals surface area contributed by atoms with E-state index in [1.54, 1.807) is 36.4 Å². The smallest absolute Gasteiger partial charge is 0.293 e. The molecule has 7 heteroatoms. The number of hydrogen-bond acceptors (Lipinski definition) is 6.